The van der Waals surface area contributed by atoms with Crippen molar-refractivity contribution in [2.75, 3.05) is 5.73 Å². The van der Waals surface area contributed by atoms with Crippen molar-refractivity contribution in [3.05, 3.63) is 47.8 Å². The van der Waals surface area contributed by atoms with Crippen LogP contribution in [0, 0.1) is 6.92 Å². The van der Waals surface area contributed by atoms with E-state index in [1.165, 1.54) is 0 Å². The Morgan fingerprint density at radius 2 is 1.72 bits per heavy atom. The first-order chi connectivity index (χ1) is 8.41. The van der Waals surface area contributed by atoms with E-state index in [1.807, 2.05) is 0 Å². The van der Waals surface area contributed by atoms with E-state index >= 15 is 0 Å². The number of rotatable bonds is 1. The van der Waals surface area contributed by atoms with Gasteiger partial charge in [-0.15, -0.1) is 0 Å². The minimum Gasteiger partial charge on any atom is -0.397 e. The number of hydrogen-bond donors (Lipinski definition) is 1. The molecule has 2 N–H and O–H groups in total. The number of nitrogen functional groups attached to an aromatic ring is 1. The highest BCUT2D eigenvalue weighted by molar-refractivity contribution is 5.80. The normalized spacial score (nSPS) is 11.6. The zero-order valence-corrected chi connectivity index (χ0v) is 9.62. The van der Waals surface area contributed by atoms with E-state index in [1.54, 1.807) is 37.3 Å². The monoisotopic (exact) mass is 252 g/mol. The lowest BCUT2D eigenvalue weighted by molar-refractivity contribution is -0.137. The van der Waals surface area contributed by atoms with Crippen LogP contribution < -0.4 is 5.73 Å². The highest BCUT2D eigenvalue weighted by Gasteiger charge is 2.35. The molecular weight excluding hydrogens is 241 g/mol. The van der Waals surface area contributed by atoms with Crippen molar-refractivity contribution in [3.8, 4) is 11.1 Å². The fourth-order valence-electron chi connectivity index (χ4n) is 1.75. The van der Waals surface area contributed by atoms with Crippen molar-refractivity contribution in [3.63, 3.8) is 0 Å². The van der Waals surface area contributed by atoms with Crippen molar-refractivity contribution in [1.82, 2.24) is 4.98 Å². The molecule has 0 aliphatic heterocycles. The molecule has 0 saturated heterocycles. The van der Waals surface area contributed by atoms with Crippen LogP contribution in [0.4, 0.5) is 18.9 Å². The molecule has 1 aromatic carbocycles. The Balaban J connectivity index is 2.75. The molecule has 0 spiro atoms. The molecule has 0 aliphatic rings. The number of aryl methyl sites for hydroxylation is 1. The van der Waals surface area contributed by atoms with E-state index in [0.717, 1.165) is 6.20 Å². The Morgan fingerprint density at radius 1 is 1.11 bits per heavy atom. The number of pyridine rings is 1. The third-order valence-electron chi connectivity index (χ3n) is 2.68. The van der Waals surface area contributed by atoms with Gasteiger partial charge in [-0.1, -0.05) is 30.3 Å². The summed E-state index contributed by atoms with van der Waals surface area (Å²) in [5, 5.41) is 0. The van der Waals surface area contributed by atoms with Gasteiger partial charge in [-0.3, -0.25) is 4.98 Å². The maximum Gasteiger partial charge on any atom is 0.418 e. The quantitative estimate of drug-likeness (QED) is 0.841. The van der Waals surface area contributed by atoms with E-state index in [4.69, 9.17) is 5.73 Å². The SMILES string of the molecule is Cc1ncc(C(F)(F)F)c(-c2ccccc2)c1N. The molecule has 2 nitrogen and oxygen atoms in total. The lowest BCUT2D eigenvalue weighted by Gasteiger charge is -2.16. The molecule has 5 heteroatoms. The number of nitrogens with zero attached hydrogens (tertiary/aromatic N) is 1. The van der Waals surface area contributed by atoms with Gasteiger partial charge >= 0.3 is 6.18 Å². The summed E-state index contributed by atoms with van der Waals surface area (Å²) in [4.78, 5) is 3.69. The summed E-state index contributed by atoms with van der Waals surface area (Å²) >= 11 is 0. The molecule has 1 aromatic heterocycles. The zero-order chi connectivity index (χ0) is 13.3. The first-order valence-electron chi connectivity index (χ1n) is 5.29. The molecule has 2 aromatic rings. The second-order valence-electron chi connectivity index (χ2n) is 3.91. The van der Waals surface area contributed by atoms with E-state index in [0.29, 0.717) is 11.3 Å². The molecule has 0 radical (unpaired) electrons. The third kappa shape index (κ3) is 2.16. The minimum absolute atomic E-state index is 0.00407. The molecule has 0 amide bonds. The summed E-state index contributed by atoms with van der Waals surface area (Å²) < 4.78 is 38.9. The maximum absolute atomic E-state index is 13.0. The molecule has 2 rings (SSSR count). The summed E-state index contributed by atoms with van der Waals surface area (Å²) in [6.07, 6.45) is -3.64. The van der Waals surface area contributed by atoms with Crippen molar-refractivity contribution < 1.29 is 13.2 Å². The van der Waals surface area contributed by atoms with Crippen LogP contribution in [0.5, 0.6) is 0 Å². The Kier molecular flexibility index (Phi) is 2.98. The summed E-state index contributed by atoms with van der Waals surface area (Å²) in [6, 6.07) is 8.27. The Labute approximate surface area is 102 Å². The number of alkyl halides is 3. The molecule has 1 heterocycles. The molecule has 0 atom stereocenters. The van der Waals surface area contributed by atoms with Gasteiger partial charge in [0.05, 0.1) is 16.9 Å². The van der Waals surface area contributed by atoms with Gasteiger partial charge in [0, 0.05) is 11.8 Å². The Morgan fingerprint density at radius 3 is 2.28 bits per heavy atom. The number of halogens is 3. The molecule has 18 heavy (non-hydrogen) atoms. The number of anilines is 1. The topological polar surface area (TPSA) is 38.9 Å². The molecule has 0 aliphatic carbocycles. The first-order valence-corrected chi connectivity index (χ1v) is 5.29. The van der Waals surface area contributed by atoms with Crippen LogP contribution in [0.3, 0.4) is 0 Å². The number of hydrogen-bond acceptors (Lipinski definition) is 2. The second kappa shape index (κ2) is 4.33. The van der Waals surface area contributed by atoms with Gasteiger partial charge in [0.25, 0.3) is 0 Å². The van der Waals surface area contributed by atoms with Crippen molar-refractivity contribution in [1.29, 1.82) is 0 Å². The van der Waals surface area contributed by atoms with E-state index < -0.39 is 11.7 Å². The van der Waals surface area contributed by atoms with Crippen molar-refractivity contribution >= 4 is 5.69 Å². The molecule has 0 fully saturated rings. The predicted molar refractivity (Wildman–Crippen MR) is 63.8 cm³/mol. The van der Waals surface area contributed by atoms with E-state index in [2.05, 4.69) is 4.98 Å². The molecule has 0 bridgehead atoms. The molecule has 94 valence electrons. The number of aromatic nitrogens is 1. The van der Waals surface area contributed by atoms with Gasteiger partial charge in [-0.05, 0) is 12.5 Å². The second-order valence-corrected chi connectivity index (χ2v) is 3.91. The molecule has 0 saturated carbocycles. The maximum atomic E-state index is 13.0. The van der Waals surface area contributed by atoms with Crippen LogP contribution >= 0.6 is 0 Å². The summed E-state index contributed by atoms with van der Waals surface area (Å²) in [5.41, 5.74) is 5.83. The first kappa shape index (κ1) is 12.4. The fraction of sp³-hybridized carbons (Fsp3) is 0.154. The van der Waals surface area contributed by atoms with Gasteiger partial charge in [-0.25, -0.2) is 0 Å². The Hall–Kier alpha value is -2.04. The highest BCUT2D eigenvalue weighted by atomic mass is 19.4. The average Bonchev–Trinajstić information content (AvgIpc) is 2.32. The average molecular weight is 252 g/mol. The predicted octanol–water partition coefficient (Wildman–Crippen LogP) is 3.66. The van der Waals surface area contributed by atoms with Crippen molar-refractivity contribution in [2.24, 2.45) is 0 Å². The van der Waals surface area contributed by atoms with E-state index in [-0.39, 0.29) is 11.3 Å². The van der Waals surface area contributed by atoms with E-state index in [9.17, 15) is 13.2 Å². The standard InChI is InChI=1S/C13H11F3N2/c1-8-12(17)11(9-5-3-2-4-6-9)10(7-18-8)13(14,15)16/h2-7H,17H2,1H3. The largest absolute Gasteiger partial charge is 0.418 e. The summed E-state index contributed by atoms with van der Waals surface area (Å²) in [5.74, 6) is 0. The van der Waals surface area contributed by atoms with Gasteiger partial charge in [0.15, 0.2) is 0 Å². The smallest absolute Gasteiger partial charge is 0.397 e. The zero-order valence-electron chi connectivity index (χ0n) is 9.62. The number of benzene rings is 1. The summed E-state index contributed by atoms with van der Waals surface area (Å²) in [6.45, 7) is 1.59. The third-order valence-corrected chi connectivity index (χ3v) is 2.68. The fourth-order valence-corrected chi connectivity index (χ4v) is 1.75. The van der Waals surface area contributed by atoms with Crippen LogP contribution in [0.25, 0.3) is 11.1 Å². The van der Waals surface area contributed by atoms with Crippen LogP contribution in [-0.2, 0) is 6.18 Å². The lowest BCUT2D eigenvalue weighted by Crippen LogP contribution is -2.11. The number of nitrogens with two attached hydrogens (primary N) is 1. The van der Waals surface area contributed by atoms with Gasteiger partial charge in [-0.2, -0.15) is 13.2 Å². The lowest BCUT2D eigenvalue weighted by atomic mass is 9.98. The van der Waals surface area contributed by atoms with Crippen LogP contribution in [0.2, 0.25) is 0 Å². The molecule has 0 unspecified atom stereocenters. The minimum atomic E-state index is -4.47. The van der Waals surface area contributed by atoms with Crippen LogP contribution in [0.15, 0.2) is 36.5 Å². The van der Waals surface area contributed by atoms with Crippen LogP contribution in [-0.4, -0.2) is 4.98 Å². The van der Waals surface area contributed by atoms with Crippen molar-refractivity contribution in [2.45, 2.75) is 13.1 Å². The molecular formula is C13H11F3N2. The van der Waals surface area contributed by atoms with Crippen LogP contribution in [0.1, 0.15) is 11.3 Å². The highest BCUT2D eigenvalue weighted by Crippen LogP contribution is 2.40. The Bertz CT molecular complexity index is 562. The summed E-state index contributed by atoms with van der Waals surface area (Å²) in [7, 11) is 0. The van der Waals surface area contributed by atoms with Gasteiger partial charge in [0.1, 0.15) is 0 Å². The van der Waals surface area contributed by atoms with Gasteiger partial charge in [0.2, 0.25) is 0 Å². The van der Waals surface area contributed by atoms with Gasteiger partial charge < -0.3 is 5.73 Å².